The smallest absolute Gasteiger partial charge is 0.277 e. The molecule has 0 aliphatic heterocycles. The summed E-state index contributed by atoms with van der Waals surface area (Å²) >= 11 is 25.6. The van der Waals surface area contributed by atoms with Gasteiger partial charge >= 0.3 is 173 Å². The van der Waals surface area contributed by atoms with Gasteiger partial charge in [0.1, 0.15) is 73.4 Å². The largest absolute Gasteiger partial charge is 0.485 e. The molecule has 0 aliphatic rings. The predicted molar refractivity (Wildman–Crippen MR) is 337 cm³/mol. The Balaban J connectivity index is 0.000000175. The summed E-state index contributed by atoms with van der Waals surface area (Å²) in [7, 11) is 0. The first-order valence-corrected chi connectivity index (χ1v) is 39.0. The fourth-order valence-corrected chi connectivity index (χ4v) is 12.7. The van der Waals surface area contributed by atoms with Crippen molar-refractivity contribution in [3.8, 4) is 45.7 Å². The van der Waals surface area contributed by atoms with Gasteiger partial charge in [0.15, 0.2) is 11.6 Å². The minimum Gasteiger partial charge on any atom is -0.485 e. The van der Waals surface area contributed by atoms with Gasteiger partial charge in [0.25, 0.3) is 11.1 Å². The van der Waals surface area contributed by atoms with E-state index in [0.717, 1.165) is 50.7 Å². The Bertz CT molecular complexity index is 4600. The van der Waals surface area contributed by atoms with Crippen LogP contribution in [-0.4, -0.2) is 67.0 Å². The Morgan fingerprint density at radius 3 is 1.20 bits per heavy atom. The van der Waals surface area contributed by atoms with Crippen molar-refractivity contribution in [1.29, 1.82) is 0 Å². The van der Waals surface area contributed by atoms with E-state index in [1.807, 2.05) is 32.0 Å². The number of hydrogen-bond acceptors (Lipinski definition) is 13. The van der Waals surface area contributed by atoms with E-state index >= 15 is 0 Å². The van der Waals surface area contributed by atoms with E-state index < -0.39 is 70.0 Å². The molecule has 16 nitrogen and oxygen atoms in total. The number of aryl methyl sites for hydroxylation is 6. The fourth-order valence-electron chi connectivity index (χ4n) is 8.68. The summed E-state index contributed by atoms with van der Waals surface area (Å²) in [6.07, 6.45) is 7.64. The number of pyridine rings is 10. The van der Waals surface area contributed by atoms with E-state index in [1.165, 1.54) is 13.7 Å². The summed E-state index contributed by atoms with van der Waals surface area (Å²) < 4.78 is 103. The maximum Gasteiger partial charge on any atom is 0.277 e. The average molecular weight is 1490 g/mol. The molecular formula is C62H51BrCl4F6N10O6Sn. The van der Waals surface area contributed by atoms with Crippen molar-refractivity contribution in [2.24, 2.45) is 0 Å². The van der Waals surface area contributed by atoms with Crippen LogP contribution in [0, 0.1) is 76.4 Å². The van der Waals surface area contributed by atoms with Crippen LogP contribution in [-0.2, 0) is 19.8 Å². The summed E-state index contributed by atoms with van der Waals surface area (Å²) in [5, 5.41) is -0.256. The summed E-state index contributed by atoms with van der Waals surface area (Å²) in [4.78, 5) is 74.0. The van der Waals surface area contributed by atoms with Gasteiger partial charge in [-0.15, -0.1) is 0 Å². The molecule has 0 amide bonds. The van der Waals surface area contributed by atoms with E-state index in [4.69, 9.17) is 60.6 Å². The molecule has 0 spiro atoms. The predicted octanol–water partition coefficient (Wildman–Crippen LogP) is 14.3. The molecule has 10 aromatic rings. The number of hydrogen-bond donors (Lipinski definition) is 0. The molecule has 0 N–H and O–H groups in total. The Morgan fingerprint density at radius 2 is 0.822 bits per heavy atom. The van der Waals surface area contributed by atoms with Crippen molar-refractivity contribution in [2.45, 2.75) is 76.2 Å². The maximum atomic E-state index is 13.8. The van der Waals surface area contributed by atoms with Crippen molar-refractivity contribution in [2.75, 3.05) is 0 Å². The maximum absolute atomic E-state index is 13.8. The van der Waals surface area contributed by atoms with Crippen LogP contribution in [0.3, 0.4) is 0 Å². The van der Waals surface area contributed by atoms with Gasteiger partial charge in [0, 0.05) is 48.0 Å². The molecule has 0 aromatic carbocycles. The van der Waals surface area contributed by atoms with Gasteiger partial charge in [-0.3, -0.25) is 33.7 Å². The van der Waals surface area contributed by atoms with Crippen LogP contribution >= 0.6 is 62.3 Å². The third-order valence-electron chi connectivity index (χ3n) is 13.3. The molecule has 10 heterocycles. The van der Waals surface area contributed by atoms with Crippen LogP contribution in [0.1, 0.15) is 50.9 Å². The zero-order valence-corrected chi connectivity index (χ0v) is 56.6. The molecular weight excluding hydrogens is 1440 g/mol. The molecule has 10 aromatic heterocycles. The number of aromatic nitrogens is 10. The molecule has 0 unspecified atom stereocenters. The molecule has 0 bridgehead atoms. The van der Waals surface area contributed by atoms with Crippen LogP contribution < -0.4 is 34.6 Å². The zero-order chi connectivity index (χ0) is 65.6. The van der Waals surface area contributed by atoms with Crippen molar-refractivity contribution >= 4 is 84.4 Å². The third kappa shape index (κ3) is 16.1. The molecule has 10 rings (SSSR count). The SMILES string of the molecule is Cc1cn[c]([Sn]([CH3])([CH3])[CH3])cc1-n1c(C)cc(OCc2ncc(F)cc2F)c(Cl)c1=O.Cc1cnc(-c2cccc(Br)n2)cc1-n1c(C)cc(OCc2ncc(F)cc2F)c(Cl)c1=O.Cc1cnc(Cl)cc1-n1c(C)cc(OCc2ncc(F)cc2F)c(Cl)c1=O. The molecule has 0 fully saturated rings. The first kappa shape index (κ1) is 68.2. The number of nitrogens with zero attached hydrogens (tertiary/aromatic N) is 10. The number of halogens is 11. The third-order valence-corrected chi connectivity index (χ3v) is 20.2. The van der Waals surface area contributed by atoms with Crippen molar-refractivity contribution in [3.05, 3.63) is 252 Å². The fraction of sp³-hybridized carbons (Fsp3) is 0.194. The van der Waals surface area contributed by atoms with E-state index in [0.29, 0.717) is 56.6 Å². The molecule has 0 aliphatic carbocycles. The van der Waals surface area contributed by atoms with Gasteiger partial charge in [0.05, 0.1) is 35.2 Å². The van der Waals surface area contributed by atoms with Crippen LogP contribution in [0.4, 0.5) is 26.3 Å². The second-order valence-electron chi connectivity index (χ2n) is 21.0. The van der Waals surface area contributed by atoms with Crippen LogP contribution in [0.5, 0.6) is 17.2 Å². The van der Waals surface area contributed by atoms with Gasteiger partial charge < -0.3 is 9.47 Å². The molecule has 90 heavy (non-hydrogen) atoms. The van der Waals surface area contributed by atoms with Crippen molar-refractivity contribution < 1.29 is 40.6 Å². The van der Waals surface area contributed by atoms with E-state index in [-0.39, 0.29) is 74.4 Å². The Hall–Kier alpha value is -7.68. The van der Waals surface area contributed by atoms with Crippen LogP contribution in [0.2, 0.25) is 35.0 Å². The first-order valence-electron chi connectivity index (χ1n) is 26.8. The second kappa shape index (κ2) is 29.1. The van der Waals surface area contributed by atoms with E-state index in [1.54, 1.807) is 82.7 Å². The van der Waals surface area contributed by atoms with Gasteiger partial charge in [-0.1, -0.05) is 40.9 Å². The Labute approximate surface area is 543 Å². The minimum atomic E-state index is -2.46. The standard InChI is InChI=1S/C23H16BrClF2N4O2.C18H13Cl2F2N3O2.C18H13ClF2N3O2.3CH3.Sn/c1-12-9-28-17(16-4-3-5-21(24)30-16)8-19(12)31-13(2)6-20(22(25)23(31)32)33-11-18-15(27)7-14(26)10-29-18;1-9-6-24-16(19)5-14(9)25-10(2)3-15(17(20)18(25)26)27-8-13-12(22)4-11(21)7-23-13;1-10-7-22-4-3-15(10)24-11(2)5-16(17(19)18(24)25)26-9-14-13(21)6-12(20)8-23-14;;;;/h3-10H,11H2,1-2H3;3-7H,8H2,1-2H3;3,5-8H,9H2,1-2H3;3*1H3;. The van der Waals surface area contributed by atoms with Crippen molar-refractivity contribution in [3.63, 3.8) is 0 Å². The quantitative estimate of drug-likeness (QED) is 0.0570. The average Bonchev–Trinajstić information content (AvgIpc) is 0.852. The van der Waals surface area contributed by atoms with E-state index in [9.17, 15) is 40.7 Å². The molecule has 0 radical (unpaired) electrons. The molecule has 466 valence electrons. The molecule has 28 heteroatoms. The van der Waals surface area contributed by atoms with Gasteiger partial charge in [-0.25, -0.2) is 31.9 Å². The summed E-state index contributed by atoms with van der Waals surface area (Å²) in [6.45, 7) is 9.76. The second-order valence-corrected chi connectivity index (χ2v) is 37.7. The topological polar surface area (TPSA) is 184 Å². The summed E-state index contributed by atoms with van der Waals surface area (Å²) in [5.41, 5.74) is 5.30. The monoisotopic (exact) mass is 1480 g/mol. The zero-order valence-electron chi connectivity index (χ0n) is 49.1. The van der Waals surface area contributed by atoms with Crippen LogP contribution in [0.25, 0.3) is 28.5 Å². The molecule has 0 atom stereocenters. The molecule has 0 saturated carbocycles. The number of rotatable bonds is 14. The molecule has 0 saturated heterocycles. The van der Waals surface area contributed by atoms with Gasteiger partial charge in [-0.2, -0.15) is 0 Å². The van der Waals surface area contributed by atoms with Crippen molar-refractivity contribution in [1.82, 2.24) is 48.6 Å². The normalized spacial score (nSPS) is 11.2. The van der Waals surface area contributed by atoms with Gasteiger partial charge in [0.2, 0.25) is 0 Å². The first-order chi connectivity index (χ1) is 42.5. The minimum absolute atomic E-state index is 0.0683. The number of ether oxygens (including phenoxy) is 3. The van der Waals surface area contributed by atoms with Gasteiger partial charge in [-0.05, 0) is 79.0 Å². The Kier molecular flexibility index (Phi) is 22.0. The summed E-state index contributed by atoms with van der Waals surface area (Å²) in [6, 6.07) is 17.6. The Morgan fingerprint density at radius 1 is 0.456 bits per heavy atom. The van der Waals surface area contributed by atoms with E-state index in [2.05, 4.69) is 65.6 Å². The summed E-state index contributed by atoms with van der Waals surface area (Å²) in [5.74, 6) is -4.64. The van der Waals surface area contributed by atoms with Crippen LogP contribution in [0.15, 0.2) is 129 Å².